The molecule has 2 aromatic rings. The number of anilines is 2. The molecule has 1 saturated heterocycles. The summed E-state index contributed by atoms with van der Waals surface area (Å²) >= 11 is 12.5. The van der Waals surface area contributed by atoms with Gasteiger partial charge >= 0.3 is 0 Å². The summed E-state index contributed by atoms with van der Waals surface area (Å²) in [5.74, 6) is 0.537. The number of carbonyl (C=O) groups excluding carboxylic acids is 1. The average Bonchev–Trinajstić information content (AvgIpc) is 2.70. The minimum atomic E-state index is -0.300. The zero-order chi connectivity index (χ0) is 21.0. The van der Waals surface area contributed by atoms with Crippen LogP contribution in [0.1, 0.15) is 17.3 Å². The van der Waals surface area contributed by atoms with Gasteiger partial charge in [0.1, 0.15) is 0 Å². The molecule has 1 fully saturated rings. The summed E-state index contributed by atoms with van der Waals surface area (Å²) in [7, 11) is 3.61. The largest absolute Gasteiger partial charge is 0.493 e. The summed E-state index contributed by atoms with van der Waals surface area (Å²) in [4.78, 5) is 17.5. The lowest BCUT2D eigenvalue weighted by Gasteiger charge is -2.35. The maximum Gasteiger partial charge on any atom is 0.255 e. The van der Waals surface area contributed by atoms with Crippen LogP contribution in [0.4, 0.5) is 11.4 Å². The second kappa shape index (κ2) is 9.57. The van der Waals surface area contributed by atoms with Crippen molar-refractivity contribution in [2.45, 2.75) is 6.92 Å². The van der Waals surface area contributed by atoms with E-state index in [-0.39, 0.29) is 5.91 Å². The van der Waals surface area contributed by atoms with Gasteiger partial charge in [-0.3, -0.25) is 4.79 Å². The van der Waals surface area contributed by atoms with Crippen molar-refractivity contribution in [2.24, 2.45) is 0 Å². The standard InChI is InChI=1S/C21H25Cl2N3O3/c1-4-29-20-16(23)11-14(12-19(20)28-3)21(27)24-17-13-15(22)5-6-18(17)26-9-7-25(2)8-10-26/h5-6,11-13H,4,7-10H2,1-3H3,(H,24,27). The van der Waals surface area contributed by atoms with Crippen LogP contribution < -0.4 is 19.7 Å². The van der Waals surface area contributed by atoms with Gasteiger partial charge < -0.3 is 24.6 Å². The number of nitrogens with one attached hydrogen (secondary N) is 1. The molecule has 0 aliphatic carbocycles. The lowest BCUT2D eigenvalue weighted by molar-refractivity contribution is 0.102. The molecule has 0 atom stereocenters. The van der Waals surface area contributed by atoms with Gasteiger partial charge in [-0.15, -0.1) is 0 Å². The Morgan fingerprint density at radius 2 is 1.86 bits per heavy atom. The van der Waals surface area contributed by atoms with Gasteiger partial charge in [0.2, 0.25) is 0 Å². The van der Waals surface area contributed by atoms with Crippen LogP contribution in [0.25, 0.3) is 0 Å². The zero-order valence-electron chi connectivity index (χ0n) is 16.8. The van der Waals surface area contributed by atoms with E-state index in [1.54, 1.807) is 18.2 Å². The predicted molar refractivity (Wildman–Crippen MR) is 118 cm³/mol. The van der Waals surface area contributed by atoms with Crippen molar-refractivity contribution in [3.8, 4) is 11.5 Å². The van der Waals surface area contributed by atoms with Crippen LogP contribution in [0.5, 0.6) is 11.5 Å². The molecule has 2 aromatic carbocycles. The van der Waals surface area contributed by atoms with Gasteiger partial charge in [0.15, 0.2) is 11.5 Å². The second-order valence-electron chi connectivity index (χ2n) is 6.83. The molecule has 0 bridgehead atoms. The maximum absolute atomic E-state index is 13.0. The molecule has 0 unspecified atom stereocenters. The molecule has 6 nitrogen and oxygen atoms in total. The monoisotopic (exact) mass is 437 g/mol. The third-order valence-corrected chi connectivity index (χ3v) is 5.35. The highest BCUT2D eigenvalue weighted by Gasteiger charge is 2.20. The lowest BCUT2D eigenvalue weighted by atomic mass is 10.1. The van der Waals surface area contributed by atoms with Crippen LogP contribution in [-0.2, 0) is 0 Å². The van der Waals surface area contributed by atoms with Crippen LogP contribution in [0.15, 0.2) is 30.3 Å². The maximum atomic E-state index is 13.0. The van der Waals surface area contributed by atoms with E-state index >= 15 is 0 Å². The number of ether oxygens (including phenoxy) is 2. The Morgan fingerprint density at radius 3 is 2.52 bits per heavy atom. The van der Waals surface area contributed by atoms with Crippen molar-refractivity contribution in [3.63, 3.8) is 0 Å². The zero-order valence-corrected chi connectivity index (χ0v) is 18.3. The van der Waals surface area contributed by atoms with Crippen LogP contribution >= 0.6 is 23.2 Å². The number of benzene rings is 2. The summed E-state index contributed by atoms with van der Waals surface area (Å²) in [6.07, 6.45) is 0. The highest BCUT2D eigenvalue weighted by atomic mass is 35.5. The van der Waals surface area contributed by atoms with Crippen LogP contribution in [0.3, 0.4) is 0 Å². The van der Waals surface area contributed by atoms with Gasteiger partial charge in [0.25, 0.3) is 5.91 Å². The van der Waals surface area contributed by atoms with E-state index in [0.29, 0.717) is 39.4 Å². The SMILES string of the molecule is CCOc1c(Cl)cc(C(=O)Nc2cc(Cl)ccc2N2CCN(C)CC2)cc1OC. The molecule has 8 heteroatoms. The molecule has 1 heterocycles. The van der Waals surface area contributed by atoms with Crippen molar-refractivity contribution >= 4 is 40.5 Å². The lowest BCUT2D eigenvalue weighted by Crippen LogP contribution is -2.44. The molecule has 156 valence electrons. The molecular weight excluding hydrogens is 413 g/mol. The molecule has 29 heavy (non-hydrogen) atoms. The Bertz CT molecular complexity index is 884. The normalized spacial score (nSPS) is 14.6. The average molecular weight is 438 g/mol. The topological polar surface area (TPSA) is 54.0 Å². The van der Waals surface area contributed by atoms with Gasteiger partial charge in [0.05, 0.1) is 30.1 Å². The van der Waals surface area contributed by atoms with E-state index in [2.05, 4.69) is 22.2 Å². The Labute approximate surface area is 181 Å². The molecule has 1 N–H and O–H groups in total. The third-order valence-electron chi connectivity index (χ3n) is 4.83. The minimum Gasteiger partial charge on any atom is -0.493 e. The van der Waals surface area contributed by atoms with Crippen molar-refractivity contribution in [1.82, 2.24) is 4.90 Å². The molecule has 3 rings (SSSR count). The van der Waals surface area contributed by atoms with Gasteiger partial charge in [-0.1, -0.05) is 23.2 Å². The number of carbonyl (C=O) groups is 1. The van der Waals surface area contributed by atoms with Gasteiger partial charge in [-0.05, 0) is 44.3 Å². The van der Waals surface area contributed by atoms with Crippen LogP contribution in [0, 0.1) is 0 Å². The van der Waals surface area contributed by atoms with Gasteiger partial charge in [-0.25, -0.2) is 0 Å². The molecule has 0 radical (unpaired) electrons. The first-order chi connectivity index (χ1) is 13.9. The summed E-state index contributed by atoms with van der Waals surface area (Å²) in [5, 5.41) is 3.85. The van der Waals surface area contributed by atoms with Crippen LogP contribution in [0.2, 0.25) is 10.0 Å². The Balaban J connectivity index is 1.87. The summed E-state index contributed by atoms with van der Waals surface area (Å²) in [6, 6.07) is 8.73. The molecule has 1 aliphatic heterocycles. The number of amides is 1. The number of halogens is 2. The Hall–Kier alpha value is -2.15. The number of likely N-dealkylation sites (N-methyl/N-ethyl adjacent to an activating group) is 1. The summed E-state index contributed by atoms with van der Waals surface area (Å²) < 4.78 is 10.9. The van der Waals surface area contributed by atoms with Crippen molar-refractivity contribution in [1.29, 1.82) is 0 Å². The van der Waals surface area contributed by atoms with Crippen molar-refractivity contribution < 1.29 is 14.3 Å². The number of hydrogen-bond donors (Lipinski definition) is 1. The molecule has 1 aliphatic rings. The molecule has 0 spiro atoms. The fourth-order valence-electron chi connectivity index (χ4n) is 3.26. The van der Waals surface area contributed by atoms with E-state index in [9.17, 15) is 4.79 Å². The van der Waals surface area contributed by atoms with Gasteiger partial charge in [-0.2, -0.15) is 0 Å². The number of nitrogens with zero attached hydrogens (tertiary/aromatic N) is 2. The highest BCUT2D eigenvalue weighted by Crippen LogP contribution is 2.37. The summed E-state index contributed by atoms with van der Waals surface area (Å²) in [5.41, 5.74) is 1.98. The summed E-state index contributed by atoms with van der Waals surface area (Å²) in [6.45, 7) is 5.98. The van der Waals surface area contributed by atoms with E-state index in [0.717, 1.165) is 31.9 Å². The second-order valence-corrected chi connectivity index (χ2v) is 7.67. The molecule has 0 saturated carbocycles. The molecule has 0 aromatic heterocycles. The fraction of sp³-hybridized carbons (Fsp3) is 0.381. The number of piperazine rings is 1. The Morgan fingerprint density at radius 1 is 1.14 bits per heavy atom. The highest BCUT2D eigenvalue weighted by molar-refractivity contribution is 6.33. The van der Waals surface area contributed by atoms with E-state index in [1.165, 1.54) is 7.11 Å². The first kappa shape index (κ1) is 21.6. The molecular formula is C21H25Cl2N3O3. The Kier molecular flexibility index (Phi) is 7.11. The predicted octanol–water partition coefficient (Wildman–Crippen LogP) is 4.40. The molecule has 1 amide bonds. The third kappa shape index (κ3) is 5.07. The van der Waals surface area contributed by atoms with E-state index < -0.39 is 0 Å². The van der Waals surface area contributed by atoms with E-state index in [4.69, 9.17) is 32.7 Å². The minimum absolute atomic E-state index is 0.300. The number of rotatable bonds is 6. The number of hydrogen-bond acceptors (Lipinski definition) is 5. The quantitative estimate of drug-likeness (QED) is 0.725. The fourth-order valence-corrected chi connectivity index (χ4v) is 3.70. The first-order valence-electron chi connectivity index (χ1n) is 9.47. The van der Waals surface area contributed by atoms with E-state index in [1.807, 2.05) is 19.1 Å². The van der Waals surface area contributed by atoms with Crippen molar-refractivity contribution in [2.75, 3.05) is 57.2 Å². The van der Waals surface area contributed by atoms with Crippen molar-refractivity contribution in [3.05, 3.63) is 45.9 Å². The van der Waals surface area contributed by atoms with Gasteiger partial charge in [0, 0.05) is 36.8 Å². The number of methoxy groups -OCH3 is 1. The first-order valence-corrected chi connectivity index (χ1v) is 10.2. The van der Waals surface area contributed by atoms with Crippen LogP contribution in [-0.4, -0.2) is 57.8 Å². The smallest absolute Gasteiger partial charge is 0.255 e.